The lowest BCUT2D eigenvalue weighted by Crippen LogP contribution is -2.39. The van der Waals surface area contributed by atoms with Crippen molar-refractivity contribution in [3.05, 3.63) is 23.9 Å². The largest absolute Gasteiger partial charge is 0.481 e. The molecule has 1 saturated heterocycles. The third-order valence-corrected chi connectivity index (χ3v) is 3.05. The fourth-order valence-electron chi connectivity index (χ4n) is 1.99. The second-order valence-corrected chi connectivity index (χ2v) is 4.32. The quantitative estimate of drug-likeness (QED) is 0.827. The van der Waals surface area contributed by atoms with E-state index in [1.807, 2.05) is 12.3 Å². The van der Waals surface area contributed by atoms with Gasteiger partial charge in [-0.2, -0.15) is 0 Å². The van der Waals surface area contributed by atoms with Crippen LogP contribution in [0.1, 0.15) is 18.4 Å². The normalized spacial score (nSPS) is 18.6. The zero-order valence-corrected chi connectivity index (χ0v) is 9.72. The molecule has 0 aromatic carbocycles. The number of hydrogen-bond acceptors (Lipinski definition) is 4. The molecule has 0 aliphatic carbocycles. The Morgan fingerprint density at radius 3 is 2.75 bits per heavy atom. The summed E-state index contributed by atoms with van der Waals surface area (Å²) < 4.78 is 5.03. The Bertz CT molecular complexity index is 318. The summed E-state index contributed by atoms with van der Waals surface area (Å²) in [5.74, 6) is 0.671. The van der Waals surface area contributed by atoms with Crippen LogP contribution < -0.4 is 10.5 Å². The summed E-state index contributed by atoms with van der Waals surface area (Å²) in [6, 6.07) is 4.37. The van der Waals surface area contributed by atoms with Crippen LogP contribution in [0.4, 0.5) is 0 Å². The highest BCUT2D eigenvalue weighted by atomic mass is 16.5. The van der Waals surface area contributed by atoms with Crippen molar-refractivity contribution in [2.75, 3.05) is 20.2 Å². The van der Waals surface area contributed by atoms with Gasteiger partial charge in [0, 0.05) is 24.8 Å². The fourth-order valence-corrected chi connectivity index (χ4v) is 1.99. The number of methoxy groups -OCH3 is 1. The van der Waals surface area contributed by atoms with Gasteiger partial charge in [0.2, 0.25) is 5.88 Å². The van der Waals surface area contributed by atoms with Crippen molar-refractivity contribution in [2.24, 2.45) is 5.73 Å². The molecule has 0 atom stereocenters. The molecule has 1 aliphatic rings. The van der Waals surface area contributed by atoms with Crippen LogP contribution in [0, 0.1) is 0 Å². The minimum absolute atomic E-state index is 0.394. The van der Waals surface area contributed by atoms with E-state index in [2.05, 4.69) is 16.0 Å². The van der Waals surface area contributed by atoms with Gasteiger partial charge in [-0.15, -0.1) is 0 Å². The second-order valence-electron chi connectivity index (χ2n) is 4.32. The summed E-state index contributed by atoms with van der Waals surface area (Å²) in [7, 11) is 1.63. The fraction of sp³-hybridized carbons (Fsp3) is 0.583. The lowest BCUT2D eigenvalue weighted by atomic mass is 10.1. The van der Waals surface area contributed by atoms with Crippen LogP contribution in [-0.4, -0.2) is 36.1 Å². The third-order valence-electron chi connectivity index (χ3n) is 3.05. The molecule has 1 fully saturated rings. The Morgan fingerprint density at radius 2 is 2.19 bits per heavy atom. The van der Waals surface area contributed by atoms with E-state index in [1.165, 1.54) is 5.56 Å². The first-order valence-corrected chi connectivity index (χ1v) is 5.75. The Kier molecular flexibility index (Phi) is 3.74. The molecule has 2 heterocycles. The standard InChI is InChI=1S/C12H19N3O/c1-16-12-3-2-10(8-14-12)9-15-6-4-11(13)5-7-15/h2-3,8,11H,4-7,9,13H2,1H3. The summed E-state index contributed by atoms with van der Waals surface area (Å²) in [5.41, 5.74) is 7.11. The van der Waals surface area contributed by atoms with Gasteiger partial charge in [0.25, 0.3) is 0 Å². The molecule has 1 aromatic heterocycles. The smallest absolute Gasteiger partial charge is 0.212 e. The second kappa shape index (κ2) is 5.27. The summed E-state index contributed by atoms with van der Waals surface area (Å²) in [6.07, 6.45) is 4.08. The van der Waals surface area contributed by atoms with E-state index in [1.54, 1.807) is 7.11 Å². The molecule has 0 radical (unpaired) electrons. The zero-order chi connectivity index (χ0) is 11.4. The molecule has 0 amide bonds. The van der Waals surface area contributed by atoms with E-state index < -0.39 is 0 Å². The van der Waals surface area contributed by atoms with Gasteiger partial charge in [0.05, 0.1) is 7.11 Å². The number of hydrogen-bond donors (Lipinski definition) is 1. The van der Waals surface area contributed by atoms with Crippen LogP contribution in [0.3, 0.4) is 0 Å². The van der Waals surface area contributed by atoms with Crippen molar-refractivity contribution in [2.45, 2.75) is 25.4 Å². The van der Waals surface area contributed by atoms with Crippen LogP contribution in [0.5, 0.6) is 5.88 Å². The van der Waals surface area contributed by atoms with Crippen molar-refractivity contribution in [3.63, 3.8) is 0 Å². The lowest BCUT2D eigenvalue weighted by Gasteiger charge is -2.29. The first-order valence-electron chi connectivity index (χ1n) is 5.75. The van der Waals surface area contributed by atoms with Gasteiger partial charge in [0.15, 0.2) is 0 Å². The summed E-state index contributed by atoms with van der Waals surface area (Å²) in [5, 5.41) is 0. The van der Waals surface area contributed by atoms with Crippen LogP contribution in [0.2, 0.25) is 0 Å². The van der Waals surface area contributed by atoms with Crippen molar-refractivity contribution in [1.82, 2.24) is 9.88 Å². The predicted octanol–water partition coefficient (Wildman–Crippen LogP) is 1.01. The van der Waals surface area contributed by atoms with Gasteiger partial charge in [-0.05, 0) is 31.5 Å². The molecule has 0 bridgehead atoms. The molecule has 1 aliphatic heterocycles. The van der Waals surface area contributed by atoms with Crippen molar-refractivity contribution in [3.8, 4) is 5.88 Å². The molecule has 0 saturated carbocycles. The molecule has 2 rings (SSSR count). The molecule has 1 aromatic rings. The third kappa shape index (κ3) is 2.93. The molecule has 0 unspecified atom stereocenters. The van der Waals surface area contributed by atoms with Crippen LogP contribution >= 0.6 is 0 Å². The SMILES string of the molecule is COc1ccc(CN2CCC(N)CC2)cn1. The maximum atomic E-state index is 5.87. The molecule has 0 spiro atoms. The molecule has 4 nitrogen and oxygen atoms in total. The van der Waals surface area contributed by atoms with E-state index in [0.29, 0.717) is 11.9 Å². The van der Waals surface area contributed by atoms with E-state index in [0.717, 1.165) is 32.5 Å². The van der Waals surface area contributed by atoms with Crippen molar-refractivity contribution in [1.29, 1.82) is 0 Å². The van der Waals surface area contributed by atoms with E-state index in [9.17, 15) is 0 Å². The highest BCUT2D eigenvalue weighted by Gasteiger charge is 2.15. The highest BCUT2D eigenvalue weighted by Crippen LogP contribution is 2.13. The first kappa shape index (κ1) is 11.4. The molecule has 2 N–H and O–H groups in total. The van der Waals surface area contributed by atoms with Crippen molar-refractivity contribution < 1.29 is 4.74 Å². The van der Waals surface area contributed by atoms with Crippen molar-refractivity contribution >= 4 is 0 Å². The maximum absolute atomic E-state index is 5.87. The van der Waals surface area contributed by atoms with E-state index >= 15 is 0 Å². The van der Waals surface area contributed by atoms with Gasteiger partial charge in [-0.3, -0.25) is 4.90 Å². The highest BCUT2D eigenvalue weighted by molar-refractivity contribution is 5.17. The number of nitrogens with two attached hydrogens (primary N) is 1. The van der Waals surface area contributed by atoms with Crippen LogP contribution in [0.15, 0.2) is 18.3 Å². The summed E-state index contributed by atoms with van der Waals surface area (Å²) in [4.78, 5) is 6.63. The number of rotatable bonds is 3. The van der Waals surface area contributed by atoms with Gasteiger partial charge in [-0.25, -0.2) is 4.98 Å². The number of ether oxygens (including phenoxy) is 1. The Labute approximate surface area is 96.4 Å². The number of aromatic nitrogens is 1. The van der Waals surface area contributed by atoms with Gasteiger partial charge in [-0.1, -0.05) is 6.07 Å². The van der Waals surface area contributed by atoms with E-state index in [4.69, 9.17) is 10.5 Å². The minimum atomic E-state index is 0.394. The predicted molar refractivity (Wildman–Crippen MR) is 63.3 cm³/mol. The molecular formula is C12H19N3O. The molecule has 4 heteroatoms. The number of nitrogens with zero attached hydrogens (tertiary/aromatic N) is 2. The van der Waals surface area contributed by atoms with Gasteiger partial charge >= 0.3 is 0 Å². The summed E-state index contributed by atoms with van der Waals surface area (Å²) in [6.45, 7) is 3.14. The minimum Gasteiger partial charge on any atom is -0.481 e. The van der Waals surface area contributed by atoms with Crippen LogP contribution in [-0.2, 0) is 6.54 Å². The first-order chi connectivity index (χ1) is 7.78. The maximum Gasteiger partial charge on any atom is 0.212 e. The Balaban J connectivity index is 1.88. The topological polar surface area (TPSA) is 51.4 Å². The average Bonchev–Trinajstić information content (AvgIpc) is 2.33. The molecule has 16 heavy (non-hydrogen) atoms. The van der Waals surface area contributed by atoms with Gasteiger partial charge in [0.1, 0.15) is 0 Å². The van der Waals surface area contributed by atoms with Crippen LogP contribution in [0.25, 0.3) is 0 Å². The Hall–Kier alpha value is -1.13. The molecule has 88 valence electrons. The molecular weight excluding hydrogens is 202 g/mol. The monoisotopic (exact) mass is 221 g/mol. The zero-order valence-electron chi connectivity index (χ0n) is 9.72. The number of likely N-dealkylation sites (tertiary alicyclic amines) is 1. The Morgan fingerprint density at radius 1 is 1.44 bits per heavy atom. The lowest BCUT2D eigenvalue weighted by molar-refractivity contribution is 0.205. The number of piperidine rings is 1. The average molecular weight is 221 g/mol. The number of pyridine rings is 1. The summed E-state index contributed by atoms with van der Waals surface area (Å²) >= 11 is 0. The van der Waals surface area contributed by atoms with Gasteiger partial charge < -0.3 is 10.5 Å². The van der Waals surface area contributed by atoms with E-state index in [-0.39, 0.29) is 0 Å².